The number of ether oxygens (including phenoxy) is 1. The second-order valence-corrected chi connectivity index (χ2v) is 6.95. The van der Waals surface area contributed by atoms with Gasteiger partial charge in [-0.25, -0.2) is 18.7 Å². The van der Waals surface area contributed by atoms with Gasteiger partial charge >= 0.3 is 0 Å². The van der Waals surface area contributed by atoms with Crippen molar-refractivity contribution in [2.24, 2.45) is 5.41 Å². The number of amides is 1. The highest BCUT2D eigenvalue weighted by Gasteiger charge is 2.39. The van der Waals surface area contributed by atoms with Gasteiger partial charge < -0.3 is 15.4 Å². The average Bonchev–Trinajstić information content (AvgIpc) is 2.57. The summed E-state index contributed by atoms with van der Waals surface area (Å²) < 4.78 is 31.8. The minimum absolute atomic E-state index is 0.0359. The molecule has 1 aromatic heterocycles. The van der Waals surface area contributed by atoms with Gasteiger partial charge in [-0.3, -0.25) is 4.79 Å². The number of hydrogen-bond acceptors (Lipinski definition) is 5. The fourth-order valence-electron chi connectivity index (χ4n) is 2.86. The van der Waals surface area contributed by atoms with Crippen LogP contribution in [-0.4, -0.2) is 29.0 Å². The molecule has 1 unspecified atom stereocenters. The van der Waals surface area contributed by atoms with Crippen molar-refractivity contribution in [3.05, 3.63) is 41.7 Å². The van der Waals surface area contributed by atoms with Gasteiger partial charge in [0.05, 0.1) is 13.3 Å². The average molecular weight is 362 g/mol. The first-order valence-electron chi connectivity index (χ1n) is 8.23. The number of halogens is 2. The summed E-state index contributed by atoms with van der Waals surface area (Å²) in [4.78, 5) is 20.8. The van der Waals surface area contributed by atoms with Gasteiger partial charge in [-0.1, -0.05) is 13.8 Å². The zero-order chi connectivity index (χ0) is 18.9. The van der Waals surface area contributed by atoms with Gasteiger partial charge in [0.2, 0.25) is 5.95 Å². The van der Waals surface area contributed by atoms with Gasteiger partial charge in [-0.2, -0.15) is 0 Å². The highest BCUT2D eigenvalue weighted by atomic mass is 19.1. The van der Waals surface area contributed by atoms with Crippen molar-refractivity contribution in [3.8, 4) is 5.75 Å². The monoisotopic (exact) mass is 362 g/mol. The number of methoxy groups -OCH3 is 1. The third-order valence-corrected chi connectivity index (χ3v) is 4.63. The van der Waals surface area contributed by atoms with Crippen LogP contribution in [0, 0.1) is 17.0 Å². The fraction of sp³-hybridized carbons (Fsp3) is 0.389. The zero-order valence-corrected chi connectivity index (χ0v) is 14.8. The summed E-state index contributed by atoms with van der Waals surface area (Å²) in [6.07, 6.45) is 3.28. The molecule has 1 amide bonds. The van der Waals surface area contributed by atoms with Crippen LogP contribution in [0.3, 0.4) is 0 Å². The van der Waals surface area contributed by atoms with Gasteiger partial charge in [0.1, 0.15) is 11.6 Å². The summed E-state index contributed by atoms with van der Waals surface area (Å²) in [5, 5.41) is 5.64. The number of rotatable bonds is 5. The van der Waals surface area contributed by atoms with Crippen LogP contribution in [0.1, 0.15) is 37.2 Å². The molecular formula is C18H20F2N4O2. The van der Waals surface area contributed by atoms with Gasteiger partial charge in [0.15, 0.2) is 11.4 Å². The van der Waals surface area contributed by atoms with Crippen molar-refractivity contribution in [1.82, 2.24) is 15.3 Å². The molecule has 0 saturated heterocycles. The van der Waals surface area contributed by atoms with Crippen molar-refractivity contribution < 1.29 is 18.3 Å². The van der Waals surface area contributed by atoms with Crippen molar-refractivity contribution in [2.45, 2.75) is 32.7 Å². The molecule has 1 aromatic carbocycles. The molecule has 1 atom stereocenters. The van der Waals surface area contributed by atoms with E-state index in [9.17, 15) is 13.6 Å². The highest BCUT2D eigenvalue weighted by molar-refractivity contribution is 5.95. The Morgan fingerprint density at radius 2 is 1.96 bits per heavy atom. The molecule has 138 valence electrons. The maximum atomic E-state index is 13.3. The molecule has 2 N–H and O–H groups in total. The molecule has 1 heterocycles. The lowest BCUT2D eigenvalue weighted by Crippen LogP contribution is -2.52. The van der Waals surface area contributed by atoms with Crippen molar-refractivity contribution in [3.63, 3.8) is 0 Å². The summed E-state index contributed by atoms with van der Waals surface area (Å²) in [5.74, 6) is -1.59. The standard InChI is InChI=1S/C18H20F2N4O2/c1-18(2)5-4-14(18)23-16(25)15-13(26-3)9-21-17(24-15)22-12-7-10(19)6-11(20)8-12/h6-9,14H,4-5H2,1-3H3,(H,23,25)(H,21,22,24). The Balaban J connectivity index is 1.83. The topological polar surface area (TPSA) is 76.1 Å². The number of carbonyl (C=O) groups excluding carboxylic acids is 1. The molecule has 1 aliphatic carbocycles. The summed E-state index contributed by atoms with van der Waals surface area (Å²) in [6.45, 7) is 4.17. The second kappa shape index (κ2) is 6.86. The predicted octanol–water partition coefficient (Wildman–Crippen LogP) is 3.43. The molecule has 0 bridgehead atoms. The Morgan fingerprint density at radius 3 is 2.50 bits per heavy atom. The lowest BCUT2D eigenvalue weighted by Gasteiger charge is -2.44. The molecule has 0 aliphatic heterocycles. The molecule has 26 heavy (non-hydrogen) atoms. The Morgan fingerprint density at radius 1 is 1.27 bits per heavy atom. The molecule has 3 rings (SSSR count). The lowest BCUT2D eigenvalue weighted by molar-refractivity contribution is 0.0725. The first kappa shape index (κ1) is 18.0. The largest absolute Gasteiger partial charge is 0.493 e. The number of benzene rings is 1. The normalized spacial score (nSPS) is 18.0. The van der Waals surface area contributed by atoms with E-state index in [1.54, 1.807) is 0 Å². The van der Waals surface area contributed by atoms with Crippen LogP contribution in [-0.2, 0) is 0 Å². The van der Waals surface area contributed by atoms with Crippen LogP contribution in [0.4, 0.5) is 20.4 Å². The van der Waals surface area contributed by atoms with E-state index in [0.29, 0.717) is 0 Å². The van der Waals surface area contributed by atoms with Crippen LogP contribution in [0.15, 0.2) is 24.4 Å². The minimum atomic E-state index is -0.730. The highest BCUT2D eigenvalue weighted by Crippen LogP contribution is 2.40. The van der Waals surface area contributed by atoms with E-state index in [1.807, 2.05) is 0 Å². The van der Waals surface area contributed by atoms with Gasteiger partial charge in [-0.15, -0.1) is 0 Å². The Labute approximate surface area is 150 Å². The SMILES string of the molecule is COc1cnc(Nc2cc(F)cc(F)c2)nc1C(=O)NC1CCC1(C)C. The van der Waals surface area contributed by atoms with E-state index in [0.717, 1.165) is 31.0 Å². The summed E-state index contributed by atoms with van der Waals surface area (Å²) in [7, 11) is 1.41. The molecule has 1 aliphatic rings. The third-order valence-electron chi connectivity index (χ3n) is 4.63. The Kier molecular flexibility index (Phi) is 4.76. The van der Waals surface area contributed by atoms with Crippen molar-refractivity contribution in [1.29, 1.82) is 0 Å². The predicted molar refractivity (Wildman–Crippen MR) is 92.5 cm³/mol. The summed E-state index contributed by atoms with van der Waals surface area (Å²) in [5.41, 5.74) is 0.236. The molecule has 6 nitrogen and oxygen atoms in total. The number of nitrogens with zero attached hydrogens (tertiary/aromatic N) is 2. The number of aromatic nitrogens is 2. The van der Waals surface area contributed by atoms with Crippen LogP contribution in [0.25, 0.3) is 0 Å². The van der Waals surface area contributed by atoms with Crippen molar-refractivity contribution in [2.75, 3.05) is 12.4 Å². The van der Waals surface area contributed by atoms with Gasteiger partial charge in [0, 0.05) is 17.8 Å². The first-order valence-corrected chi connectivity index (χ1v) is 8.23. The van der Waals surface area contributed by atoms with E-state index in [4.69, 9.17) is 4.74 Å². The van der Waals surface area contributed by atoms with E-state index >= 15 is 0 Å². The molecule has 0 radical (unpaired) electrons. The van der Waals surface area contributed by atoms with Crippen LogP contribution in [0.2, 0.25) is 0 Å². The molecule has 8 heteroatoms. The molecule has 1 fully saturated rings. The Bertz CT molecular complexity index is 822. The lowest BCUT2D eigenvalue weighted by atomic mass is 9.67. The van der Waals surface area contributed by atoms with E-state index < -0.39 is 11.6 Å². The number of carbonyl (C=O) groups is 1. The smallest absolute Gasteiger partial charge is 0.274 e. The van der Waals surface area contributed by atoms with Crippen molar-refractivity contribution >= 4 is 17.5 Å². The summed E-state index contributed by atoms with van der Waals surface area (Å²) in [6, 6.07) is 3.03. The molecule has 2 aromatic rings. The maximum Gasteiger partial charge on any atom is 0.274 e. The molecule has 0 spiro atoms. The molecular weight excluding hydrogens is 342 g/mol. The number of hydrogen-bond donors (Lipinski definition) is 2. The van der Waals surface area contributed by atoms with Crippen LogP contribution in [0.5, 0.6) is 5.75 Å². The second-order valence-electron chi connectivity index (χ2n) is 6.95. The maximum absolute atomic E-state index is 13.3. The first-order chi connectivity index (χ1) is 12.3. The number of anilines is 2. The van der Waals surface area contributed by atoms with Crippen LogP contribution < -0.4 is 15.4 Å². The summed E-state index contributed by atoms with van der Waals surface area (Å²) >= 11 is 0. The number of nitrogens with one attached hydrogen (secondary N) is 2. The van der Waals surface area contributed by atoms with Gasteiger partial charge in [0.25, 0.3) is 5.91 Å². The zero-order valence-electron chi connectivity index (χ0n) is 14.8. The molecule has 1 saturated carbocycles. The third kappa shape index (κ3) is 3.74. The minimum Gasteiger partial charge on any atom is -0.493 e. The van der Waals surface area contributed by atoms with E-state index in [2.05, 4.69) is 34.4 Å². The van der Waals surface area contributed by atoms with Gasteiger partial charge in [-0.05, 0) is 30.4 Å². The van der Waals surface area contributed by atoms with E-state index in [-0.39, 0.29) is 40.4 Å². The quantitative estimate of drug-likeness (QED) is 0.852. The fourth-order valence-corrected chi connectivity index (χ4v) is 2.86. The van der Waals surface area contributed by atoms with E-state index in [1.165, 1.54) is 13.3 Å². The van der Waals surface area contributed by atoms with Crippen LogP contribution >= 0.6 is 0 Å². The Hall–Kier alpha value is -2.77.